The normalized spacial score (nSPS) is 19.4. The molecule has 6 nitrogen and oxygen atoms in total. The molecule has 26 heavy (non-hydrogen) atoms. The lowest BCUT2D eigenvalue weighted by molar-refractivity contribution is -0.139. The predicted octanol–water partition coefficient (Wildman–Crippen LogP) is 2.51. The molecular formula is C19H25NO5S. The predicted molar refractivity (Wildman–Crippen MR) is 100 cm³/mol. The van der Waals surface area contributed by atoms with Crippen LogP contribution in [0.25, 0.3) is 0 Å². The molecule has 2 fully saturated rings. The van der Waals surface area contributed by atoms with Gasteiger partial charge in [0.1, 0.15) is 5.75 Å². The number of amides is 1. The number of hydrogen-bond donors (Lipinski definition) is 1. The molecule has 2 heterocycles. The van der Waals surface area contributed by atoms with E-state index in [1.54, 1.807) is 12.1 Å². The molecule has 3 rings (SSSR count). The number of aryl methyl sites for hydroxylation is 2. The summed E-state index contributed by atoms with van der Waals surface area (Å²) in [6, 6.07) is 3.59. The van der Waals surface area contributed by atoms with Crippen LogP contribution >= 0.6 is 11.8 Å². The van der Waals surface area contributed by atoms with Gasteiger partial charge in [-0.3, -0.25) is 4.79 Å². The molecule has 0 aromatic heterocycles. The van der Waals surface area contributed by atoms with Gasteiger partial charge in [0.15, 0.2) is 6.61 Å². The average Bonchev–Trinajstić information content (AvgIpc) is 2.60. The standard InChI is InChI=1S/C19H25NO5S/c1-13-9-15(10-14(2)17(13)25-11-16(21)22)18(23)20-5-8-26-19(12-20)3-6-24-7-4-19/h9-10H,3-8,11-12H2,1-2H3,(H,21,22). The van der Waals surface area contributed by atoms with E-state index in [1.165, 1.54) is 0 Å². The number of benzene rings is 1. The van der Waals surface area contributed by atoms with Gasteiger partial charge < -0.3 is 19.5 Å². The Balaban J connectivity index is 1.75. The fraction of sp³-hybridized carbons (Fsp3) is 0.579. The molecule has 0 saturated carbocycles. The van der Waals surface area contributed by atoms with Gasteiger partial charge in [0.05, 0.1) is 0 Å². The molecule has 1 spiro atoms. The smallest absolute Gasteiger partial charge is 0.341 e. The minimum Gasteiger partial charge on any atom is -0.481 e. The van der Waals surface area contributed by atoms with E-state index >= 15 is 0 Å². The molecule has 0 bridgehead atoms. The second-order valence-corrected chi connectivity index (χ2v) is 8.56. The summed E-state index contributed by atoms with van der Waals surface area (Å²) in [5, 5.41) is 8.79. The van der Waals surface area contributed by atoms with Crippen molar-refractivity contribution < 1.29 is 24.2 Å². The van der Waals surface area contributed by atoms with E-state index in [1.807, 2.05) is 30.5 Å². The lowest BCUT2D eigenvalue weighted by Crippen LogP contribution is -2.51. The summed E-state index contributed by atoms with van der Waals surface area (Å²) in [5.74, 6) is 0.506. The minimum atomic E-state index is -1.02. The Bertz CT molecular complexity index is 671. The second-order valence-electron chi connectivity index (χ2n) is 6.99. The monoisotopic (exact) mass is 379 g/mol. The second kappa shape index (κ2) is 7.88. The summed E-state index contributed by atoms with van der Waals surface area (Å²) in [4.78, 5) is 25.7. The van der Waals surface area contributed by atoms with E-state index in [9.17, 15) is 9.59 Å². The summed E-state index contributed by atoms with van der Waals surface area (Å²) < 4.78 is 11.0. The third-order valence-corrected chi connectivity index (χ3v) is 6.52. The summed E-state index contributed by atoms with van der Waals surface area (Å²) in [6.07, 6.45) is 1.98. The average molecular weight is 379 g/mol. The molecule has 0 radical (unpaired) electrons. The molecule has 2 saturated heterocycles. The Labute approximate surface area is 157 Å². The van der Waals surface area contributed by atoms with Crippen LogP contribution in [0.15, 0.2) is 12.1 Å². The maximum absolute atomic E-state index is 13.1. The van der Waals surface area contributed by atoms with E-state index in [0.717, 1.165) is 56.0 Å². The number of rotatable bonds is 4. The number of carboxylic acid groups (broad SMARTS) is 1. The van der Waals surface area contributed by atoms with E-state index < -0.39 is 5.97 Å². The van der Waals surface area contributed by atoms with Crippen molar-refractivity contribution in [1.82, 2.24) is 4.90 Å². The van der Waals surface area contributed by atoms with Crippen LogP contribution in [0.1, 0.15) is 34.3 Å². The molecule has 0 atom stereocenters. The molecule has 1 N–H and O–H groups in total. The van der Waals surface area contributed by atoms with Crippen molar-refractivity contribution in [1.29, 1.82) is 0 Å². The van der Waals surface area contributed by atoms with Crippen molar-refractivity contribution >= 4 is 23.6 Å². The Morgan fingerprint density at radius 3 is 2.54 bits per heavy atom. The number of carbonyl (C=O) groups is 2. The van der Waals surface area contributed by atoms with Crippen LogP contribution in [0.3, 0.4) is 0 Å². The molecule has 0 unspecified atom stereocenters. The number of thioether (sulfide) groups is 1. The third kappa shape index (κ3) is 4.15. The van der Waals surface area contributed by atoms with Crippen molar-refractivity contribution in [2.24, 2.45) is 0 Å². The van der Waals surface area contributed by atoms with Gasteiger partial charge in [-0.1, -0.05) is 0 Å². The fourth-order valence-corrected chi connectivity index (χ4v) is 5.13. The molecule has 142 valence electrons. The highest BCUT2D eigenvalue weighted by molar-refractivity contribution is 8.00. The number of aliphatic carboxylic acids is 1. The quantitative estimate of drug-likeness (QED) is 0.866. The highest BCUT2D eigenvalue weighted by Gasteiger charge is 2.39. The Morgan fingerprint density at radius 2 is 1.92 bits per heavy atom. The first-order valence-electron chi connectivity index (χ1n) is 8.87. The zero-order valence-corrected chi connectivity index (χ0v) is 16.1. The highest BCUT2D eigenvalue weighted by atomic mass is 32.2. The molecule has 7 heteroatoms. The van der Waals surface area contributed by atoms with E-state index in [4.69, 9.17) is 14.6 Å². The van der Waals surface area contributed by atoms with Crippen molar-refractivity contribution in [3.8, 4) is 5.75 Å². The van der Waals surface area contributed by atoms with E-state index in [0.29, 0.717) is 11.3 Å². The summed E-state index contributed by atoms with van der Waals surface area (Å²) >= 11 is 1.97. The molecule has 1 amide bonds. The maximum atomic E-state index is 13.1. The van der Waals surface area contributed by atoms with Crippen LogP contribution in [0, 0.1) is 13.8 Å². The number of carbonyl (C=O) groups excluding carboxylic acids is 1. The van der Waals surface area contributed by atoms with Gasteiger partial charge in [0.2, 0.25) is 0 Å². The van der Waals surface area contributed by atoms with Crippen LogP contribution in [0.2, 0.25) is 0 Å². The van der Waals surface area contributed by atoms with Crippen LogP contribution in [0.4, 0.5) is 0 Å². The highest BCUT2D eigenvalue weighted by Crippen LogP contribution is 2.39. The van der Waals surface area contributed by atoms with Crippen LogP contribution in [-0.2, 0) is 9.53 Å². The van der Waals surface area contributed by atoms with Gasteiger partial charge >= 0.3 is 5.97 Å². The summed E-state index contributed by atoms with van der Waals surface area (Å²) in [5.41, 5.74) is 2.19. The SMILES string of the molecule is Cc1cc(C(=O)N2CCSC3(CCOCC3)C2)cc(C)c1OCC(=O)O. The molecule has 2 aliphatic heterocycles. The molecular weight excluding hydrogens is 354 g/mol. The van der Waals surface area contributed by atoms with Gasteiger partial charge in [-0.2, -0.15) is 11.8 Å². The molecule has 1 aromatic rings. The lowest BCUT2D eigenvalue weighted by Gasteiger charge is -2.44. The zero-order valence-electron chi connectivity index (χ0n) is 15.2. The Kier molecular flexibility index (Phi) is 5.77. The van der Waals surface area contributed by atoms with Crippen molar-refractivity contribution in [2.45, 2.75) is 31.4 Å². The van der Waals surface area contributed by atoms with Gasteiger partial charge in [-0.25, -0.2) is 4.79 Å². The Morgan fingerprint density at radius 1 is 1.27 bits per heavy atom. The maximum Gasteiger partial charge on any atom is 0.341 e. The van der Waals surface area contributed by atoms with Crippen molar-refractivity contribution in [2.75, 3.05) is 38.7 Å². The van der Waals surface area contributed by atoms with E-state index in [2.05, 4.69) is 0 Å². The lowest BCUT2D eigenvalue weighted by atomic mass is 9.97. The Hall–Kier alpha value is -1.73. The molecule has 2 aliphatic rings. The first kappa shape index (κ1) is 19.0. The topological polar surface area (TPSA) is 76.1 Å². The van der Waals surface area contributed by atoms with E-state index in [-0.39, 0.29) is 17.3 Å². The summed E-state index contributed by atoms with van der Waals surface area (Å²) in [6.45, 7) is 6.34. The minimum absolute atomic E-state index is 0.0344. The van der Waals surface area contributed by atoms with Gasteiger partial charge in [-0.15, -0.1) is 0 Å². The first-order chi connectivity index (χ1) is 12.4. The largest absolute Gasteiger partial charge is 0.481 e. The zero-order chi connectivity index (χ0) is 18.7. The van der Waals surface area contributed by atoms with Gasteiger partial charge in [0, 0.05) is 42.4 Å². The van der Waals surface area contributed by atoms with Crippen molar-refractivity contribution in [3.05, 3.63) is 28.8 Å². The van der Waals surface area contributed by atoms with Crippen LogP contribution < -0.4 is 4.74 Å². The molecule has 0 aliphatic carbocycles. The third-order valence-electron chi connectivity index (χ3n) is 4.99. The van der Waals surface area contributed by atoms with Gasteiger partial charge in [0.25, 0.3) is 5.91 Å². The fourth-order valence-electron chi connectivity index (χ4n) is 3.68. The first-order valence-corrected chi connectivity index (χ1v) is 9.86. The van der Waals surface area contributed by atoms with Gasteiger partial charge in [-0.05, 0) is 49.9 Å². The number of nitrogens with zero attached hydrogens (tertiary/aromatic N) is 1. The van der Waals surface area contributed by atoms with Crippen molar-refractivity contribution in [3.63, 3.8) is 0 Å². The van der Waals surface area contributed by atoms with Crippen LogP contribution in [0.5, 0.6) is 5.75 Å². The number of carboxylic acids is 1. The summed E-state index contributed by atoms with van der Waals surface area (Å²) in [7, 11) is 0. The number of hydrogen-bond acceptors (Lipinski definition) is 5. The molecule has 1 aromatic carbocycles. The number of ether oxygens (including phenoxy) is 2. The van der Waals surface area contributed by atoms with Crippen LogP contribution in [-0.4, -0.2) is 65.3 Å².